The summed E-state index contributed by atoms with van der Waals surface area (Å²) < 4.78 is 13.2. The molecule has 4 heteroatoms. The lowest BCUT2D eigenvalue weighted by Crippen LogP contribution is -2.24. The number of phenolic OH excluding ortho intramolecular Hbond substituents is 1. The fourth-order valence-electron chi connectivity index (χ4n) is 1.25. The van der Waals surface area contributed by atoms with Crippen molar-refractivity contribution in [1.82, 2.24) is 5.32 Å². The Morgan fingerprint density at radius 2 is 2.21 bits per heavy atom. The lowest BCUT2D eigenvalue weighted by atomic mass is 10.1. The molecule has 0 heterocycles. The molecule has 14 heavy (non-hydrogen) atoms. The van der Waals surface area contributed by atoms with Crippen molar-refractivity contribution in [3.63, 3.8) is 0 Å². The second-order valence-electron chi connectivity index (χ2n) is 3.13. The van der Waals surface area contributed by atoms with Crippen LogP contribution >= 0.6 is 0 Å². The van der Waals surface area contributed by atoms with Gasteiger partial charge in [-0.15, -0.1) is 0 Å². The molecule has 0 spiro atoms. The average molecular weight is 197 g/mol. The van der Waals surface area contributed by atoms with E-state index in [1.54, 1.807) is 6.92 Å². The summed E-state index contributed by atoms with van der Waals surface area (Å²) in [5.74, 6) is -0.863. The molecular weight excluding hydrogens is 185 g/mol. The van der Waals surface area contributed by atoms with Crippen molar-refractivity contribution in [2.45, 2.75) is 19.9 Å². The highest BCUT2D eigenvalue weighted by molar-refractivity contribution is 5.73. The standard InChI is InChI=1S/C10H12FNO2/c1-6(12-7(2)13)9-4-3-8(14)5-10(9)11/h3-6,14H,1-2H3,(H,12,13)/t6-/m1/s1. The van der Waals surface area contributed by atoms with Gasteiger partial charge < -0.3 is 10.4 Å². The maximum atomic E-state index is 13.2. The minimum Gasteiger partial charge on any atom is -0.508 e. The van der Waals surface area contributed by atoms with Crippen LogP contribution in [0.5, 0.6) is 5.75 Å². The molecule has 3 nitrogen and oxygen atoms in total. The summed E-state index contributed by atoms with van der Waals surface area (Å²) in [4.78, 5) is 10.7. The Labute approximate surface area is 81.6 Å². The second kappa shape index (κ2) is 4.09. The average Bonchev–Trinajstić information content (AvgIpc) is 2.01. The molecule has 0 saturated heterocycles. The van der Waals surface area contributed by atoms with E-state index in [2.05, 4.69) is 5.32 Å². The van der Waals surface area contributed by atoms with Gasteiger partial charge in [0.1, 0.15) is 11.6 Å². The van der Waals surface area contributed by atoms with Crippen molar-refractivity contribution in [3.8, 4) is 5.75 Å². The Morgan fingerprint density at radius 3 is 2.71 bits per heavy atom. The number of hydrogen-bond acceptors (Lipinski definition) is 2. The van der Waals surface area contributed by atoms with Gasteiger partial charge in [-0.3, -0.25) is 4.79 Å². The highest BCUT2D eigenvalue weighted by Gasteiger charge is 2.11. The zero-order chi connectivity index (χ0) is 10.7. The van der Waals surface area contributed by atoms with Crippen molar-refractivity contribution in [2.75, 3.05) is 0 Å². The smallest absolute Gasteiger partial charge is 0.217 e. The van der Waals surface area contributed by atoms with Crippen LogP contribution in [-0.2, 0) is 4.79 Å². The van der Waals surface area contributed by atoms with E-state index < -0.39 is 11.9 Å². The van der Waals surface area contributed by atoms with E-state index in [9.17, 15) is 9.18 Å². The zero-order valence-electron chi connectivity index (χ0n) is 8.04. The molecule has 76 valence electrons. The monoisotopic (exact) mass is 197 g/mol. The Balaban J connectivity index is 2.90. The maximum Gasteiger partial charge on any atom is 0.217 e. The van der Waals surface area contributed by atoms with E-state index in [0.29, 0.717) is 5.56 Å². The third-order valence-electron chi connectivity index (χ3n) is 1.87. The molecular formula is C10H12FNO2. The van der Waals surface area contributed by atoms with Crippen LogP contribution in [0.2, 0.25) is 0 Å². The lowest BCUT2D eigenvalue weighted by molar-refractivity contribution is -0.119. The number of carbonyl (C=O) groups is 1. The Kier molecular flexibility index (Phi) is 3.06. The van der Waals surface area contributed by atoms with Gasteiger partial charge >= 0.3 is 0 Å². The predicted octanol–water partition coefficient (Wildman–Crippen LogP) is 1.73. The molecule has 0 aliphatic carbocycles. The van der Waals surface area contributed by atoms with Crippen molar-refractivity contribution in [3.05, 3.63) is 29.6 Å². The molecule has 0 radical (unpaired) electrons. The number of phenols is 1. The number of aromatic hydroxyl groups is 1. The number of nitrogens with one attached hydrogen (secondary N) is 1. The van der Waals surface area contributed by atoms with Crippen molar-refractivity contribution >= 4 is 5.91 Å². The number of hydrogen-bond donors (Lipinski definition) is 2. The predicted molar refractivity (Wildman–Crippen MR) is 50.3 cm³/mol. The first-order chi connectivity index (χ1) is 6.50. The highest BCUT2D eigenvalue weighted by Crippen LogP contribution is 2.20. The topological polar surface area (TPSA) is 49.3 Å². The van der Waals surface area contributed by atoms with Crippen LogP contribution in [0.4, 0.5) is 4.39 Å². The Hall–Kier alpha value is -1.58. The van der Waals surface area contributed by atoms with E-state index in [1.165, 1.54) is 19.1 Å². The molecule has 1 aromatic carbocycles. The van der Waals surface area contributed by atoms with Crippen molar-refractivity contribution in [2.24, 2.45) is 0 Å². The van der Waals surface area contributed by atoms with Crippen LogP contribution in [-0.4, -0.2) is 11.0 Å². The molecule has 0 bridgehead atoms. The molecule has 0 unspecified atom stereocenters. The normalized spacial score (nSPS) is 12.2. The first kappa shape index (κ1) is 10.5. The van der Waals surface area contributed by atoms with Crippen molar-refractivity contribution in [1.29, 1.82) is 0 Å². The van der Waals surface area contributed by atoms with Crippen LogP contribution in [0.25, 0.3) is 0 Å². The largest absolute Gasteiger partial charge is 0.508 e. The number of rotatable bonds is 2. The van der Waals surface area contributed by atoms with Gasteiger partial charge in [0.25, 0.3) is 0 Å². The van der Waals surface area contributed by atoms with Gasteiger partial charge in [-0.1, -0.05) is 6.07 Å². The van der Waals surface area contributed by atoms with Gasteiger partial charge in [0.2, 0.25) is 5.91 Å². The van der Waals surface area contributed by atoms with E-state index in [0.717, 1.165) is 6.07 Å². The van der Waals surface area contributed by atoms with Gasteiger partial charge in [0.05, 0.1) is 6.04 Å². The molecule has 2 N–H and O–H groups in total. The molecule has 1 rings (SSSR count). The Morgan fingerprint density at radius 1 is 1.57 bits per heavy atom. The molecule has 1 amide bonds. The van der Waals surface area contributed by atoms with Gasteiger partial charge in [0, 0.05) is 18.6 Å². The Bertz CT molecular complexity index is 352. The minimum atomic E-state index is -0.522. The highest BCUT2D eigenvalue weighted by atomic mass is 19.1. The molecule has 0 saturated carbocycles. The maximum absolute atomic E-state index is 13.2. The summed E-state index contributed by atoms with van der Waals surface area (Å²) in [5, 5.41) is 11.5. The lowest BCUT2D eigenvalue weighted by Gasteiger charge is -2.13. The van der Waals surface area contributed by atoms with E-state index in [1.807, 2.05) is 0 Å². The van der Waals surface area contributed by atoms with Crippen LogP contribution in [0.15, 0.2) is 18.2 Å². The zero-order valence-corrected chi connectivity index (χ0v) is 8.04. The van der Waals surface area contributed by atoms with Gasteiger partial charge in [-0.25, -0.2) is 4.39 Å². The third kappa shape index (κ3) is 2.45. The molecule has 1 aromatic rings. The number of carbonyl (C=O) groups excluding carboxylic acids is 1. The fraction of sp³-hybridized carbons (Fsp3) is 0.300. The van der Waals surface area contributed by atoms with Crippen LogP contribution in [0.1, 0.15) is 25.5 Å². The summed E-state index contributed by atoms with van der Waals surface area (Å²) in [7, 11) is 0. The number of halogens is 1. The quantitative estimate of drug-likeness (QED) is 0.758. The number of benzene rings is 1. The van der Waals surface area contributed by atoms with Gasteiger partial charge in [-0.2, -0.15) is 0 Å². The first-order valence-corrected chi connectivity index (χ1v) is 4.26. The van der Waals surface area contributed by atoms with E-state index in [-0.39, 0.29) is 11.7 Å². The van der Waals surface area contributed by atoms with Crippen molar-refractivity contribution < 1.29 is 14.3 Å². The molecule has 0 fully saturated rings. The molecule has 0 aliphatic rings. The fourth-order valence-corrected chi connectivity index (χ4v) is 1.25. The summed E-state index contributed by atoms with van der Waals surface area (Å²) in [6.07, 6.45) is 0. The molecule has 0 aliphatic heterocycles. The summed E-state index contributed by atoms with van der Waals surface area (Å²) in [6.45, 7) is 3.05. The number of amides is 1. The third-order valence-corrected chi connectivity index (χ3v) is 1.87. The van der Waals surface area contributed by atoms with Gasteiger partial charge in [-0.05, 0) is 13.0 Å². The summed E-state index contributed by atoms with van der Waals surface area (Å²) in [6, 6.07) is 3.46. The van der Waals surface area contributed by atoms with E-state index >= 15 is 0 Å². The van der Waals surface area contributed by atoms with E-state index in [4.69, 9.17) is 5.11 Å². The van der Waals surface area contributed by atoms with Gasteiger partial charge in [0.15, 0.2) is 0 Å². The first-order valence-electron chi connectivity index (χ1n) is 4.26. The molecule has 0 aromatic heterocycles. The summed E-state index contributed by atoms with van der Waals surface area (Å²) in [5.41, 5.74) is 0.359. The second-order valence-corrected chi connectivity index (χ2v) is 3.13. The molecule has 1 atom stereocenters. The summed E-state index contributed by atoms with van der Waals surface area (Å²) >= 11 is 0. The minimum absolute atomic E-state index is 0.124. The van der Waals surface area contributed by atoms with Crippen LogP contribution in [0, 0.1) is 5.82 Å². The van der Waals surface area contributed by atoms with Crippen LogP contribution < -0.4 is 5.32 Å². The SMILES string of the molecule is CC(=O)N[C@H](C)c1ccc(O)cc1F. The van der Waals surface area contributed by atoms with Crippen LogP contribution in [0.3, 0.4) is 0 Å².